The summed E-state index contributed by atoms with van der Waals surface area (Å²) in [5.74, 6) is -0.518. The summed E-state index contributed by atoms with van der Waals surface area (Å²) in [5.41, 5.74) is 0.602. The number of para-hydroxylation sites is 1. The number of primary sulfonamides is 1. The number of carbonyl (C=O) groups is 1. The first kappa shape index (κ1) is 13.3. The standard InChI is InChI=1S/C13H12N2O3S/c14-19(17,18)12-9-5-4-8-11(12)13(16)15-10-6-2-1-3-7-10/h1-9H,(H,15,16)(H2,14,17,18). The van der Waals surface area contributed by atoms with Gasteiger partial charge in [-0.05, 0) is 24.3 Å². The maximum atomic E-state index is 12.1. The second kappa shape index (κ2) is 5.21. The molecule has 0 unspecified atom stereocenters. The molecular formula is C13H12N2O3S. The van der Waals surface area contributed by atoms with Gasteiger partial charge < -0.3 is 5.32 Å². The Kier molecular flexibility index (Phi) is 3.64. The molecule has 3 N–H and O–H groups in total. The van der Waals surface area contributed by atoms with Crippen molar-refractivity contribution in [3.8, 4) is 0 Å². The van der Waals surface area contributed by atoms with Gasteiger partial charge >= 0.3 is 0 Å². The lowest BCUT2D eigenvalue weighted by atomic mass is 10.2. The van der Waals surface area contributed by atoms with Crippen molar-refractivity contribution in [3.05, 3.63) is 60.2 Å². The van der Waals surface area contributed by atoms with E-state index in [0.29, 0.717) is 5.69 Å². The van der Waals surface area contributed by atoms with Gasteiger partial charge in [0, 0.05) is 5.69 Å². The first-order chi connectivity index (χ1) is 8.98. The van der Waals surface area contributed by atoms with Crippen LogP contribution < -0.4 is 10.5 Å². The molecule has 98 valence electrons. The van der Waals surface area contributed by atoms with Gasteiger partial charge in [0.25, 0.3) is 5.91 Å². The second-order valence-electron chi connectivity index (χ2n) is 3.86. The minimum absolute atomic E-state index is 0.0221. The predicted octanol–water partition coefficient (Wildman–Crippen LogP) is 1.59. The summed E-state index contributed by atoms with van der Waals surface area (Å²) in [7, 11) is -3.93. The highest BCUT2D eigenvalue weighted by atomic mass is 32.2. The monoisotopic (exact) mass is 276 g/mol. The summed E-state index contributed by atoms with van der Waals surface area (Å²) in [5, 5.41) is 7.69. The number of nitrogens with two attached hydrogens (primary N) is 1. The third-order valence-electron chi connectivity index (χ3n) is 2.47. The van der Waals surface area contributed by atoms with Crippen molar-refractivity contribution in [1.82, 2.24) is 0 Å². The van der Waals surface area contributed by atoms with Gasteiger partial charge in [-0.25, -0.2) is 13.6 Å². The average molecular weight is 276 g/mol. The van der Waals surface area contributed by atoms with Gasteiger partial charge in [0.15, 0.2) is 0 Å². The molecule has 0 aromatic heterocycles. The van der Waals surface area contributed by atoms with Crippen LogP contribution in [0.3, 0.4) is 0 Å². The van der Waals surface area contributed by atoms with Crippen LogP contribution in [-0.4, -0.2) is 14.3 Å². The van der Waals surface area contributed by atoms with Crippen LogP contribution in [0, 0.1) is 0 Å². The van der Waals surface area contributed by atoms with Crippen LogP contribution in [0.15, 0.2) is 59.5 Å². The highest BCUT2D eigenvalue weighted by molar-refractivity contribution is 7.89. The van der Waals surface area contributed by atoms with Gasteiger partial charge in [0.1, 0.15) is 0 Å². The fraction of sp³-hybridized carbons (Fsp3) is 0. The number of hydrogen-bond donors (Lipinski definition) is 2. The topological polar surface area (TPSA) is 89.3 Å². The van der Waals surface area contributed by atoms with Gasteiger partial charge in [0.2, 0.25) is 10.0 Å². The molecule has 0 spiro atoms. The highest BCUT2D eigenvalue weighted by Crippen LogP contribution is 2.16. The van der Waals surface area contributed by atoms with Crippen molar-refractivity contribution in [2.75, 3.05) is 5.32 Å². The number of carbonyl (C=O) groups excluding carboxylic acids is 1. The molecule has 19 heavy (non-hydrogen) atoms. The van der Waals surface area contributed by atoms with Crippen LogP contribution in [-0.2, 0) is 10.0 Å². The average Bonchev–Trinajstić information content (AvgIpc) is 2.39. The summed E-state index contributed by atoms with van der Waals surface area (Å²) >= 11 is 0. The Hall–Kier alpha value is -2.18. The number of sulfonamides is 1. The predicted molar refractivity (Wildman–Crippen MR) is 72.2 cm³/mol. The minimum Gasteiger partial charge on any atom is -0.322 e. The van der Waals surface area contributed by atoms with Crippen LogP contribution in [0.5, 0.6) is 0 Å². The summed E-state index contributed by atoms with van der Waals surface area (Å²) in [6.07, 6.45) is 0. The van der Waals surface area contributed by atoms with Gasteiger partial charge in [0.05, 0.1) is 10.5 Å². The van der Waals surface area contributed by atoms with E-state index in [0.717, 1.165) is 0 Å². The van der Waals surface area contributed by atoms with Crippen LogP contribution >= 0.6 is 0 Å². The molecule has 0 aliphatic carbocycles. The third-order valence-corrected chi connectivity index (χ3v) is 3.44. The van der Waals surface area contributed by atoms with Crippen LogP contribution in [0.25, 0.3) is 0 Å². The van der Waals surface area contributed by atoms with Gasteiger partial charge in [-0.3, -0.25) is 4.79 Å². The lowest BCUT2D eigenvalue weighted by molar-refractivity contribution is 0.102. The van der Waals surface area contributed by atoms with Crippen molar-refractivity contribution in [2.24, 2.45) is 5.14 Å². The van der Waals surface area contributed by atoms with Crippen LogP contribution in [0.1, 0.15) is 10.4 Å². The summed E-state index contributed by atoms with van der Waals surface area (Å²) in [6.45, 7) is 0. The van der Waals surface area contributed by atoms with E-state index in [2.05, 4.69) is 5.32 Å². The Labute approximate surface area is 111 Å². The number of anilines is 1. The lowest BCUT2D eigenvalue weighted by Gasteiger charge is -2.08. The Bertz CT molecular complexity index is 697. The number of amides is 1. The van der Waals surface area contributed by atoms with E-state index >= 15 is 0 Å². The fourth-order valence-electron chi connectivity index (χ4n) is 1.62. The van der Waals surface area contributed by atoms with E-state index in [1.807, 2.05) is 6.07 Å². The van der Waals surface area contributed by atoms with Crippen molar-refractivity contribution in [1.29, 1.82) is 0 Å². The summed E-state index contributed by atoms with van der Waals surface area (Å²) in [4.78, 5) is 11.9. The zero-order valence-electron chi connectivity index (χ0n) is 9.91. The van der Waals surface area contributed by atoms with Gasteiger partial charge in [-0.1, -0.05) is 30.3 Å². The van der Waals surface area contributed by atoms with Crippen molar-refractivity contribution < 1.29 is 13.2 Å². The molecule has 0 saturated heterocycles. The van der Waals surface area contributed by atoms with E-state index in [-0.39, 0.29) is 10.5 Å². The molecule has 0 aliphatic rings. The normalized spacial score (nSPS) is 11.0. The Morgan fingerprint density at radius 3 is 2.16 bits per heavy atom. The SMILES string of the molecule is NS(=O)(=O)c1ccccc1C(=O)Nc1ccccc1. The Morgan fingerprint density at radius 2 is 1.53 bits per heavy atom. The number of benzene rings is 2. The molecule has 5 nitrogen and oxygen atoms in total. The Balaban J connectivity index is 2.35. The summed E-state index contributed by atoms with van der Waals surface area (Å²) < 4.78 is 22.8. The molecule has 2 aromatic carbocycles. The van der Waals surface area contributed by atoms with E-state index in [4.69, 9.17) is 5.14 Å². The molecule has 6 heteroatoms. The molecule has 0 fully saturated rings. The molecule has 0 bridgehead atoms. The second-order valence-corrected chi connectivity index (χ2v) is 5.39. The maximum Gasteiger partial charge on any atom is 0.257 e. The van der Waals surface area contributed by atoms with E-state index in [9.17, 15) is 13.2 Å². The first-order valence-corrected chi connectivity index (χ1v) is 7.01. The van der Waals surface area contributed by atoms with E-state index in [1.165, 1.54) is 18.2 Å². The molecular weight excluding hydrogens is 264 g/mol. The van der Waals surface area contributed by atoms with Crippen LogP contribution in [0.4, 0.5) is 5.69 Å². The van der Waals surface area contributed by atoms with Gasteiger partial charge in [-0.2, -0.15) is 0 Å². The Morgan fingerprint density at radius 1 is 0.947 bits per heavy atom. The number of nitrogens with one attached hydrogen (secondary N) is 1. The number of rotatable bonds is 3. The zero-order valence-corrected chi connectivity index (χ0v) is 10.7. The smallest absolute Gasteiger partial charge is 0.257 e. The van der Waals surface area contributed by atoms with Crippen molar-refractivity contribution >= 4 is 21.6 Å². The molecule has 0 heterocycles. The molecule has 0 aliphatic heterocycles. The zero-order chi connectivity index (χ0) is 13.9. The molecule has 1 amide bonds. The molecule has 2 aromatic rings. The lowest BCUT2D eigenvalue weighted by Crippen LogP contribution is -2.20. The van der Waals surface area contributed by atoms with Crippen molar-refractivity contribution in [2.45, 2.75) is 4.90 Å². The van der Waals surface area contributed by atoms with E-state index < -0.39 is 15.9 Å². The highest BCUT2D eigenvalue weighted by Gasteiger charge is 2.18. The maximum absolute atomic E-state index is 12.1. The van der Waals surface area contributed by atoms with Gasteiger partial charge in [-0.15, -0.1) is 0 Å². The molecule has 0 radical (unpaired) electrons. The molecule has 2 rings (SSSR count). The van der Waals surface area contributed by atoms with Crippen molar-refractivity contribution in [3.63, 3.8) is 0 Å². The molecule has 0 saturated carbocycles. The largest absolute Gasteiger partial charge is 0.322 e. The van der Waals surface area contributed by atoms with Crippen LogP contribution in [0.2, 0.25) is 0 Å². The quantitative estimate of drug-likeness (QED) is 0.892. The summed E-state index contributed by atoms with van der Waals surface area (Å²) in [6, 6.07) is 14.6. The third kappa shape index (κ3) is 3.18. The fourth-order valence-corrected chi connectivity index (χ4v) is 2.36. The number of hydrogen-bond acceptors (Lipinski definition) is 3. The minimum atomic E-state index is -3.93. The van der Waals surface area contributed by atoms with E-state index in [1.54, 1.807) is 30.3 Å². The first-order valence-electron chi connectivity index (χ1n) is 5.47. The molecule has 0 atom stereocenters.